The lowest BCUT2D eigenvalue weighted by molar-refractivity contribution is 0.229. The van der Waals surface area contributed by atoms with E-state index in [9.17, 15) is 4.39 Å². The SMILES string of the molecule is C[C@H](COc1cnc(-c2ccnc3ccc(F)cc23)cc1Cl)CC(C)(C)N. The Morgan fingerprint density at radius 3 is 2.70 bits per heavy atom. The Morgan fingerprint density at radius 1 is 1.22 bits per heavy atom. The van der Waals surface area contributed by atoms with E-state index in [0.29, 0.717) is 34.0 Å². The maximum atomic E-state index is 13.7. The van der Waals surface area contributed by atoms with Crippen LogP contribution in [0.25, 0.3) is 22.2 Å². The normalized spacial score (nSPS) is 13.0. The van der Waals surface area contributed by atoms with Gasteiger partial charge < -0.3 is 10.5 Å². The smallest absolute Gasteiger partial charge is 0.156 e. The number of aromatic nitrogens is 2. The molecule has 142 valence electrons. The lowest BCUT2D eigenvalue weighted by Gasteiger charge is -2.23. The molecule has 1 atom stereocenters. The largest absolute Gasteiger partial charge is 0.490 e. The van der Waals surface area contributed by atoms with Crippen LogP contribution in [0.3, 0.4) is 0 Å². The van der Waals surface area contributed by atoms with Gasteiger partial charge in [-0.3, -0.25) is 9.97 Å². The second kappa shape index (κ2) is 7.79. The number of hydrogen-bond acceptors (Lipinski definition) is 4. The molecule has 0 aliphatic heterocycles. The van der Waals surface area contributed by atoms with Crippen molar-refractivity contribution in [2.24, 2.45) is 11.7 Å². The zero-order valence-electron chi connectivity index (χ0n) is 15.7. The van der Waals surface area contributed by atoms with Crippen LogP contribution in [0, 0.1) is 11.7 Å². The van der Waals surface area contributed by atoms with Gasteiger partial charge in [0.05, 0.1) is 29.0 Å². The van der Waals surface area contributed by atoms with Crippen molar-refractivity contribution in [2.75, 3.05) is 6.61 Å². The van der Waals surface area contributed by atoms with E-state index in [-0.39, 0.29) is 17.3 Å². The van der Waals surface area contributed by atoms with Crippen molar-refractivity contribution >= 4 is 22.5 Å². The first-order valence-electron chi connectivity index (χ1n) is 8.85. The lowest BCUT2D eigenvalue weighted by Crippen LogP contribution is -2.35. The molecule has 2 N–H and O–H groups in total. The van der Waals surface area contributed by atoms with Crippen LogP contribution < -0.4 is 10.5 Å². The first-order chi connectivity index (χ1) is 12.7. The van der Waals surface area contributed by atoms with Crippen LogP contribution in [0.5, 0.6) is 5.75 Å². The third-order valence-corrected chi connectivity index (χ3v) is 4.49. The van der Waals surface area contributed by atoms with Crippen LogP contribution in [0.2, 0.25) is 5.02 Å². The van der Waals surface area contributed by atoms with Gasteiger partial charge in [-0.25, -0.2) is 4.39 Å². The van der Waals surface area contributed by atoms with Crippen molar-refractivity contribution in [1.82, 2.24) is 9.97 Å². The van der Waals surface area contributed by atoms with E-state index < -0.39 is 0 Å². The summed E-state index contributed by atoms with van der Waals surface area (Å²) in [4.78, 5) is 8.72. The fraction of sp³-hybridized carbons (Fsp3) is 0.333. The average molecular weight is 388 g/mol. The van der Waals surface area contributed by atoms with Crippen molar-refractivity contribution in [3.63, 3.8) is 0 Å². The van der Waals surface area contributed by atoms with Gasteiger partial charge in [-0.1, -0.05) is 18.5 Å². The van der Waals surface area contributed by atoms with E-state index in [1.54, 1.807) is 30.6 Å². The number of hydrogen-bond donors (Lipinski definition) is 1. The number of nitrogens with zero attached hydrogens (tertiary/aromatic N) is 2. The molecule has 0 saturated heterocycles. The fourth-order valence-corrected chi connectivity index (χ4v) is 3.41. The molecule has 0 fully saturated rings. The van der Waals surface area contributed by atoms with Gasteiger partial charge in [-0.05, 0) is 56.5 Å². The molecule has 4 nitrogen and oxygen atoms in total. The molecule has 0 aliphatic carbocycles. The third-order valence-electron chi connectivity index (χ3n) is 4.20. The van der Waals surface area contributed by atoms with Gasteiger partial charge in [0.2, 0.25) is 0 Å². The quantitative estimate of drug-likeness (QED) is 0.629. The van der Waals surface area contributed by atoms with Gasteiger partial charge in [0.1, 0.15) is 5.82 Å². The van der Waals surface area contributed by atoms with E-state index in [4.69, 9.17) is 22.1 Å². The molecule has 6 heteroatoms. The Kier molecular flexibility index (Phi) is 5.63. The molecule has 3 aromatic rings. The molecule has 0 bridgehead atoms. The van der Waals surface area contributed by atoms with Gasteiger partial charge >= 0.3 is 0 Å². The lowest BCUT2D eigenvalue weighted by atomic mass is 9.93. The van der Waals surface area contributed by atoms with Gasteiger partial charge in [0, 0.05) is 22.7 Å². The molecular weight excluding hydrogens is 365 g/mol. The topological polar surface area (TPSA) is 61.0 Å². The number of pyridine rings is 2. The molecule has 0 amide bonds. The maximum absolute atomic E-state index is 13.7. The third kappa shape index (κ3) is 4.93. The van der Waals surface area contributed by atoms with Crippen LogP contribution in [0.4, 0.5) is 4.39 Å². The minimum Gasteiger partial charge on any atom is -0.490 e. The fourth-order valence-electron chi connectivity index (χ4n) is 3.20. The van der Waals surface area contributed by atoms with Crippen molar-refractivity contribution in [1.29, 1.82) is 0 Å². The van der Waals surface area contributed by atoms with Gasteiger partial charge in [-0.2, -0.15) is 0 Å². The van der Waals surface area contributed by atoms with Gasteiger partial charge in [0.15, 0.2) is 5.75 Å². The molecule has 0 saturated carbocycles. The Labute approximate surface area is 163 Å². The number of nitrogens with two attached hydrogens (primary N) is 1. The molecule has 0 unspecified atom stereocenters. The highest BCUT2D eigenvalue weighted by Gasteiger charge is 2.17. The second-order valence-corrected chi connectivity index (χ2v) is 8.04. The highest BCUT2D eigenvalue weighted by Crippen LogP contribution is 2.32. The zero-order chi connectivity index (χ0) is 19.6. The summed E-state index contributed by atoms with van der Waals surface area (Å²) in [6, 6.07) is 8.02. The highest BCUT2D eigenvalue weighted by molar-refractivity contribution is 6.32. The zero-order valence-corrected chi connectivity index (χ0v) is 16.4. The standard InChI is InChI=1S/C21H23ClFN3O/c1-13(10-21(2,3)24)12-27-20-11-26-19(9-17(20)22)15-6-7-25-18-5-4-14(23)8-16(15)18/h4-9,11,13H,10,12,24H2,1-3H3/t13-/m0/s1. The molecule has 0 spiro atoms. The predicted molar refractivity (Wildman–Crippen MR) is 107 cm³/mol. The number of fused-ring (bicyclic) bond motifs is 1. The molecule has 1 aromatic carbocycles. The Hall–Kier alpha value is -2.24. The molecule has 0 aliphatic rings. The van der Waals surface area contributed by atoms with Crippen molar-refractivity contribution < 1.29 is 9.13 Å². The van der Waals surface area contributed by atoms with Crippen LogP contribution in [0.1, 0.15) is 27.2 Å². The predicted octanol–water partition coefficient (Wildman–Crippen LogP) is 5.23. The van der Waals surface area contributed by atoms with E-state index in [0.717, 1.165) is 12.0 Å². The Morgan fingerprint density at radius 2 is 2.00 bits per heavy atom. The molecule has 2 aromatic heterocycles. The molecule has 3 rings (SSSR count). The highest BCUT2D eigenvalue weighted by atomic mass is 35.5. The molecular formula is C21H23ClFN3O. The summed E-state index contributed by atoms with van der Waals surface area (Å²) in [5.41, 5.74) is 7.92. The van der Waals surface area contributed by atoms with Gasteiger partial charge in [0.25, 0.3) is 0 Å². The van der Waals surface area contributed by atoms with Crippen LogP contribution in [0.15, 0.2) is 42.7 Å². The number of benzene rings is 1. The van der Waals surface area contributed by atoms with E-state index in [2.05, 4.69) is 16.9 Å². The Bertz CT molecular complexity index is 956. The summed E-state index contributed by atoms with van der Waals surface area (Å²) in [6.07, 6.45) is 4.11. The summed E-state index contributed by atoms with van der Waals surface area (Å²) < 4.78 is 19.5. The molecule has 0 radical (unpaired) electrons. The first-order valence-corrected chi connectivity index (χ1v) is 9.22. The van der Waals surface area contributed by atoms with E-state index in [1.807, 2.05) is 13.8 Å². The monoisotopic (exact) mass is 387 g/mol. The summed E-state index contributed by atoms with van der Waals surface area (Å²) in [7, 11) is 0. The number of halogens is 2. The number of ether oxygens (including phenoxy) is 1. The minimum atomic E-state index is -0.320. The van der Waals surface area contributed by atoms with Gasteiger partial charge in [-0.15, -0.1) is 0 Å². The maximum Gasteiger partial charge on any atom is 0.156 e. The van der Waals surface area contributed by atoms with Crippen molar-refractivity contribution in [3.05, 3.63) is 53.6 Å². The summed E-state index contributed by atoms with van der Waals surface area (Å²) in [5, 5.41) is 1.15. The summed E-state index contributed by atoms with van der Waals surface area (Å²) in [5.74, 6) is 0.485. The van der Waals surface area contributed by atoms with E-state index in [1.165, 1.54) is 12.1 Å². The summed E-state index contributed by atoms with van der Waals surface area (Å²) >= 11 is 6.40. The van der Waals surface area contributed by atoms with Crippen LogP contribution in [-0.2, 0) is 0 Å². The van der Waals surface area contributed by atoms with Crippen molar-refractivity contribution in [3.8, 4) is 17.0 Å². The molecule has 2 heterocycles. The number of rotatable bonds is 6. The van der Waals surface area contributed by atoms with E-state index >= 15 is 0 Å². The van der Waals surface area contributed by atoms with Crippen LogP contribution >= 0.6 is 11.6 Å². The Balaban J connectivity index is 1.82. The molecule has 27 heavy (non-hydrogen) atoms. The second-order valence-electron chi connectivity index (χ2n) is 7.63. The van der Waals surface area contributed by atoms with Crippen molar-refractivity contribution in [2.45, 2.75) is 32.7 Å². The average Bonchev–Trinajstić information content (AvgIpc) is 2.58. The first kappa shape index (κ1) is 19.5. The van der Waals surface area contributed by atoms with Crippen LogP contribution in [-0.4, -0.2) is 22.1 Å². The minimum absolute atomic E-state index is 0.244. The summed E-state index contributed by atoms with van der Waals surface area (Å²) in [6.45, 7) is 6.58.